The lowest BCUT2D eigenvalue weighted by molar-refractivity contribution is -0.116. The van der Waals surface area contributed by atoms with Gasteiger partial charge in [-0.3, -0.25) is 4.79 Å². The van der Waals surface area contributed by atoms with Gasteiger partial charge in [-0.2, -0.15) is 0 Å². The summed E-state index contributed by atoms with van der Waals surface area (Å²) in [5, 5.41) is 11.7. The summed E-state index contributed by atoms with van der Waals surface area (Å²) >= 11 is 0. The molecule has 0 saturated carbocycles. The van der Waals surface area contributed by atoms with Crippen LogP contribution in [0.2, 0.25) is 0 Å². The van der Waals surface area contributed by atoms with Crippen molar-refractivity contribution in [2.24, 2.45) is 5.73 Å². The van der Waals surface area contributed by atoms with Crippen molar-refractivity contribution in [2.45, 2.75) is 26.2 Å². The van der Waals surface area contributed by atoms with Crippen LogP contribution >= 0.6 is 0 Å². The molecule has 0 atom stereocenters. The highest BCUT2D eigenvalue weighted by Crippen LogP contribution is 2.20. The average molecular weight is 248 g/mol. The molecule has 0 radical (unpaired) electrons. The van der Waals surface area contributed by atoms with Crippen molar-refractivity contribution in [3.8, 4) is 0 Å². The molecule has 18 heavy (non-hydrogen) atoms. The molecule has 0 aromatic heterocycles. The van der Waals surface area contributed by atoms with Crippen molar-refractivity contribution in [3.63, 3.8) is 0 Å². The van der Waals surface area contributed by atoms with Gasteiger partial charge in [0.2, 0.25) is 5.91 Å². The molecular weight excluding hydrogens is 228 g/mol. The first-order valence-corrected chi connectivity index (χ1v) is 6.14. The maximum Gasteiger partial charge on any atom is 0.224 e. The molecule has 1 aromatic rings. The first kappa shape index (κ1) is 14.3. The van der Waals surface area contributed by atoms with Crippen LogP contribution in [0.4, 0.5) is 5.69 Å². The molecule has 0 aliphatic heterocycles. The predicted molar refractivity (Wildman–Crippen MR) is 73.8 cm³/mol. The lowest BCUT2D eigenvalue weighted by Gasteiger charge is -2.11. The Morgan fingerprint density at radius 1 is 1.44 bits per heavy atom. The van der Waals surface area contributed by atoms with Gasteiger partial charge < -0.3 is 16.2 Å². The zero-order valence-electron chi connectivity index (χ0n) is 10.6. The van der Waals surface area contributed by atoms with Crippen LogP contribution < -0.4 is 11.1 Å². The summed E-state index contributed by atoms with van der Waals surface area (Å²) in [7, 11) is 0. The van der Waals surface area contributed by atoms with Crippen LogP contribution in [0.1, 0.15) is 31.7 Å². The van der Waals surface area contributed by atoms with Crippen LogP contribution in [0, 0.1) is 0 Å². The molecular formula is C14H20N2O2. The van der Waals surface area contributed by atoms with Crippen molar-refractivity contribution >= 4 is 17.3 Å². The predicted octanol–water partition coefficient (Wildman–Crippen LogP) is 2.11. The number of nitrogens with two attached hydrogens (primary N) is 1. The van der Waals surface area contributed by atoms with Crippen molar-refractivity contribution in [1.82, 2.24) is 0 Å². The number of para-hydroxylation sites is 1. The number of aliphatic hydroxyl groups excluding tert-OH is 1. The third-order valence-corrected chi connectivity index (χ3v) is 2.58. The maximum absolute atomic E-state index is 11.7. The smallest absolute Gasteiger partial charge is 0.224 e. The number of benzene rings is 1. The zero-order chi connectivity index (χ0) is 13.4. The average Bonchev–Trinajstić information content (AvgIpc) is 2.37. The molecule has 0 unspecified atom stereocenters. The fourth-order valence-corrected chi connectivity index (χ4v) is 1.60. The Kier molecular flexibility index (Phi) is 5.94. The minimum Gasteiger partial charge on any atom is -0.398 e. The second-order valence-electron chi connectivity index (χ2n) is 4.04. The van der Waals surface area contributed by atoms with Crippen LogP contribution in [-0.2, 0) is 4.79 Å². The Balaban J connectivity index is 2.82. The molecule has 0 fully saturated rings. The normalized spacial score (nSPS) is 11.3. The largest absolute Gasteiger partial charge is 0.398 e. The lowest BCUT2D eigenvalue weighted by atomic mass is 10.1. The molecule has 1 rings (SSSR count). The third kappa shape index (κ3) is 4.22. The van der Waals surface area contributed by atoms with E-state index < -0.39 is 0 Å². The number of anilines is 1. The number of aliphatic hydroxyl groups is 1. The third-order valence-electron chi connectivity index (χ3n) is 2.58. The second-order valence-corrected chi connectivity index (χ2v) is 4.04. The molecule has 0 bridgehead atoms. The summed E-state index contributed by atoms with van der Waals surface area (Å²) in [5.74, 6) is -0.0129. The zero-order valence-corrected chi connectivity index (χ0v) is 10.6. The molecule has 4 nitrogen and oxygen atoms in total. The number of hydrogen-bond acceptors (Lipinski definition) is 3. The fraction of sp³-hybridized carbons (Fsp3) is 0.357. The topological polar surface area (TPSA) is 75.4 Å². The minimum atomic E-state index is -0.121. The van der Waals surface area contributed by atoms with Crippen LogP contribution in [0.25, 0.3) is 5.70 Å². The number of carbonyl (C=O) groups is 1. The quantitative estimate of drug-likeness (QED) is 0.721. The summed E-state index contributed by atoms with van der Waals surface area (Å²) in [6.45, 7) is 1.92. The van der Waals surface area contributed by atoms with E-state index in [1.807, 2.05) is 25.1 Å². The first-order chi connectivity index (χ1) is 8.69. The molecule has 0 aliphatic rings. The molecule has 4 N–H and O–H groups in total. The Morgan fingerprint density at radius 2 is 2.17 bits per heavy atom. The highest BCUT2D eigenvalue weighted by atomic mass is 16.2. The number of hydrogen-bond donors (Lipinski definition) is 3. The first-order valence-electron chi connectivity index (χ1n) is 6.14. The van der Waals surface area contributed by atoms with E-state index in [1.54, 1.807) is 6.07 Å². The van der Waals surface area contributed by atoms with Crippen LogP contribution in [0.3, 0.4) is 0 Å². The van der Waals surface area contributed by atoms with Gasteiger partial charge in [0.25, 0.3) is 0 Å². The van der Waals surface area contributed by atoms with Gasteiger partial charge in [0, 0.05) is 17.7 Å². The van der Waals surface area contributed by atoms with Gasteiger partial charge >= 0.3 is 0 Å². The Labute approximate surface area is 108 Å². The molecule has 4 heteroatoms. The van der Waals surface area contributed by atoms with Crippen molar-refractivity contribution in [2.75, 3.05) is 11.9 Å². The van der Waals surface area contributed by atoms with E-state index in [4.69, 9.17) is 10.8 Å². The van der Waals surface area contributed by atoms with E-state index in [1.165, 1.54) is 6.08 Å². The highest BCUT2D eigenvalue weighted by molar-refractivity contribution is 5.93. The van der Waals surface area contributed by atoms with Gasteiger partial charge in [0.15, 0.2) is 0 Å². The number of nitrogens with one attached hydrogen (secondary N) is 1. The monoisotopic (exact) mass is 248 g/mol. The Bertz CT molecular complexity index is 428. The van der Waals surface area contributed by atoms with E-state index in [0.29, 0.717) is 17.8 Å². The summed E-state index contributed by atoms with van der Waals surface area (Å²) in [6.07, 6.45) is 3.88. The molecule has 98 valence electrons. The Morgan fingerprint density at radius 3 is 2.83 bits per heavy atom. The molecule has 0 aliphatic carbocycles. The standard InChI is InChI=1S/C14H20N2O2/c1-2-3-8-14(18)16-13-7-5-4-6-11(13)12(15)9-10-17/h4-7,9,17H,2-3,8,10,15H2,1H3,(H,16,18). The number of rotatable bonds is 6. The molecule has 1 aromatic carbocycles. The van der Waals surface area contributed by atoms with E-state index in [2.05, 4.69) is 5.32 Å². The van der Waals surface area contributed by atoms with Gasteiger partial charge in [0.05, 0.1) is 12.3 Å². The Hall–Kier alpha value is -1.81. The molecule has 0 saturated heterocycles. The number of unbranched alkanes of at least 4 members (excludes halogenated alkanes) is 1. The fourth-order valence-electron chi connectivity index (χ4n) is 1.60. The van der Waals surface area contributed by atoms with E-state index in [0.717, 1.165) is 18.4 Å². The van der Waals surface area contributed by atoms with Crippen molar-refractivity contribution < 1.29 is 9.90 Å². The van der Waals surface area contributed by atoms with Gasteiger partial charge in [0.1, 0.15) is 0 Å². The van der Waals surface area contributed by atoms with Crippen LogP contribution in [-0.4, -0.2) is 17.6 Å². The number of amides is 1. The van der Waals surface area contributed by atoms with Gasteiger partial charge in [-0.05, 0) is 18.6 Å². The SMILES string of the molecule is CCCCC(=O)Nc1ccccc1C(N)=CCO. The summed E-state index contributed by atoms with van der Waals surface area (Å²) in [4.78, 5) is 11.7. The van der Waals surface area contributed by atoms with Crippen LogP contribution in [0.15, 0.2) is 30.3 Å². The molecule has 0 heterocycles. The van der Waals surface area contributed by atoms with E-state index in [-0.39, 0.29) is 12.5 Å². The molecule has 0 spiro atoms. The highest BCUT2D eigenvalue weighted by Gasteiger charge is 2.07. The summed E-state index contributed by atoms with van der Waals surface area (Å²) in [5.41, 5.74) is 7.71. The summed E-state index contributed by atoms with van der Waals surface area (Å²) in [6, 6.07) is 7.30. The maximum atomic E-state index is 11.7. The van der Waals surface area contributed by atoms with Crippen molar-refractivity contribution in [1.29, 1.82) is 0 Å². The number of carbonyl (C=O) groups excluding carboxylic acids is 1. The minimum absolute atomic E-state index is 0.0129. The van der Waals surface area contributed by atoms with Crippen molar-refractivity contribution in [3.05, 3.63) is 35.9 Å². The van der Waals surface area contributed by atoms with Gasteiger partial charge in [-0.1, -0.05) is 31.5 Å². The second kappa shape index (κ2) is 7.50. The van der Waals surface area contributed by atoms with Crippen LogP contribution in [0.5, 0.6) is 0 Å². The van der Waals surface area contributed by atoms with Gasteiger partial charge in [-0.25, -0.2) is 0 Å². The van der Waals surface area contributed by atoms with E-state index >= 15 is 0 Å². The van der Waals surface area contributed by atoms with Gasteiger partial charge in [-0.15, -0.1) is 0 Å². The van der Waals surface area contributed by atoms with E-state index in [9.17, 15) is 4.79 Å². The summed E-state index contributed by atoms with van der Waals surface area (Å²) < 4.78 is 0. The lowest BCUT2D eigenvalue weighted by Crippen LogP contribution is -2.13. The molecule has 1 amide bonds.